The van der Waals surface area contributed by atoms with E-state index in [1.54, 1.807) is 11.3 Å². The van der Waals surface area contributed by atoms with Crippen LogP contribution in [0.5, 0.6) is 0 Å². The van der Waals surface area contributed by atoms with Crippen LogP contribution < -0.4 is 0 Å². The second-order valence-corrected chi connectivity index (χ2v) is 4.94. The summed E-state index contributed by atoms with van der Waals surface area (Å²) in [4.78, 5) is 11.4. The van der Waals surface area contributed by atoms with Crippen LogP contribution in [0.2, 0.25) is 0 Å². The first-order chi connectivity index (χ1) is 7.74. The summed E-state index contributed by atoms with van der Waals surface area (Å²) in [5.41, 5.74) is 0.0754. The summed E-state index contributed by atoms with van der Waals surface area (Å²) < 4.78 is 6.23. The number of carbonyl (C=O) groups is 1. The third kappa shape index (κ3) is 1.14. The number of fused-ring (bicyclic) bond motifs is 1. The number of aliphatic carboxylic acids is 1. The highest BCUT2D eigenvalue weighted by molar-refractivity contribution is 7.17. The molecule has 4 heteroatoms. The fourth-order valence-electron chi connectivity index (χ4n) is 2.05. The topological polar surface area (TPSA) is 46.5 Å². The quantitative estimate of drug-likeness (QED) is 0.867. The predicted octanol–water partition coefficient (Wildman–Crippen LogP) is 2.25. The highest BCUT2D eigenvalue weighted by atomic mass is 32.1. The summed E-state index contributed by atoms with van der Waals surface area (Å²) in [5.74, 6) is -0.790. The molecular formula is C12H10O3S. The third-order valence-electron chi connectivity index (χ3n) is 3.10. The van der Waals surface area contributed by atoms with E-state index in [1.165, 1.54) is 0 Å². The number of ether oxygens (including phenoxy) is 1. The molecule has 1 saturated heterocycles. The van der Waals surface area contributed by atoms with Crippen molar-refractivity contribution < 1.29 is 14.6 Å². The average molecular weight is 234 g/mol. The Hall–Kier alpha value is -1.39. The van der Waals surface area contributed by atoms with Gasteiger partial charge in [-0.1, -0.05) is 18.2 Å². The Morgan fingerprint density at radius 1 is 1.38 bits per heavy atom. The normalized spacial score (nSPS) is 18.2. The minimum atomic E-state index is -0.820. The zero-order valence-corrected chi connectivity index (χ0v) is 9.29. The minimum Gasteiger partial charge on any atom is -0.480 e. The summed E-state index contributed by atoms with van der Waals surface area (Å²) in [6.07, 6.45) is 0. The van der Waals surface area contributed by atoms with Gasteiger partial charge in [-0.15, -0.1) is 11.3 Å². The van der Waals surface area contributed by atoms with Crippen molar-refractivity contribution in [1.29, 1.82) is 0 Å². The largest absolute Gasteiger partial charge is 0.480 e. The summed E-state index contributed by atoms with van der Waals surface area (Å²) in [7, 11) is 0. The standard InChI is InChI=1S/C12H10O3S/c13-11(14)12(6-15-7-12)9-5-16-10-4-2-1-3-8(9)10/h1-5H,6-7H2,(H,13,14). The van der Waals surface area contributed by atoms with E-state index in [-0.39, 0.29) is 13.2 Å². The van der Waals surface area contributed by atoms with Crippen LogP contribution in [0.4, 0.5) is 0 Å². The van der Waals surface area contributed by atoms with Crippen LogP contribution in [0.1, 0.15) is 5.56 Å². The van der Waals surface area contributed by atoms with Crippen molar-refractivity contribution in [1.82, 2.24) is 0 Å². The second-order valence-electron chi connectivity index (χ2n) is 4.03. The van der Waals surface area contributed by atoms with Crippen molar-refractivity contribution in [2.45, 2.75) is 5.41 Å². The average Bonchev–Trinajstić information content (AvgIpc) is 2.61. The van der Waals surface area contributed by atoms with Crippen molar-refractivity contribution in [3.05, 3.63) is 35.2 Å². The van der Waals surface area contributed by atoms with Gasteiger partial charge in [-0.25, -0.2) is 0 Å². The van der Waals surface area contributed by atoms with Gasteiger partial charge in [0.1, 0.15) is 5.41 Å². The zero-order valence-electron chi connectivity index (χ0n) is 8.47. The molecule has 1 aromatic carbocycles. The molecule has 2 aromatic rings. The van der Waals surface area contributed by atoms with Crippen LogP contribution >= 0.6 is 11.3 Å². The first-order valence-electron chi connectivity index (χ1n) is 5.02. The van der Waals surface area contributed by atoms with Gasteiger partial charge in [0, 0.05) is 4.70 Å². The van der Waals surface area contributed by atoms with Gasteiger partial charge in [-0.3, -0.25) is 4.79 Å². The van der Waals surface area contributed by atoms with Crippen LogP contribution in [0, 0.1) is 0 Å². The van der Waals surface area contributed by atoms with Gasteiger partial charge in [-0.2, -0.15) is 0 Å². The monoisotopic (exact) mass is 234 g/mol. The molecule has 0 spiro atoms. The van der Waals surface area contributed by atoms with Crippen molar-refractivity contribution in [2.75, 3.05) is 13.2 Å². The molecule has 0 saturated carbocycles. The maximum absolute atomic E-state index is 11.4. The summed E-state index contributed by atoms with van der Waals surface area (Å²) in [6, 6.07) is 7.89. The van der Waals surface area contributed by atoms with E-state index < -0.39 is 11.4 Å². The Labute approximate surface area is 96.3 Å². The van der Waals surface area contributed by atoms with E-state index in [0.29, 0.717) is 0 Å². The van der Waals surface area contributed by atoms with E-state index in [0.717, 1.165) is 15.6 Å². The Balaban J connectivity index is 2.22. The summed E-state index contributed by atoms with van der Waals surface area (Å²) in [6.45, 7) is 0.562. The van der Waals surface area contributed by atoms with Crippen LogP contribution in [-0.4, -0.2) is 24.3 Å². The lowest BCUT2D eigenvalue weighted by Gasteiger charge is -2.37. The maximum Gasteiger partial charge on any atom is 0.318 e. The molecule has 0 amide bonds. The van der Waals surface area contributed by atoms with E-state index in [1.807, 2.05) is 29.6 Å². The molecule has 0 radical (unpaired) electrons. The van der Waals surface area contributed by atoms with E-state index in [2.05, 4.69) is 0 Å². The highest BCUT2D eigenvalue weighted by Gasteiger charge is 2.49. The summed E-state index contributed by atoms with van der Waals surface area (Å²) in [5, 5.41) is 12.3. The van der Waals surface area contributed by atoms with Gasteiger partial charge in [0.25, 0.3) is 0 Å². The van der Waals surface area contributed by atoms with Gasteiger partial charge in [0.2, 0.25) is 0 Å². The fourth-order valence-corrected chi connectivity index (χ4v) is 3.11. The smallest absolute Gasteiger partial charge is 0.318 e. The van der Waals surface area contributed by atoms with Gasteiger partial charge >= 0.3 is 5.97 Å². The molecular weight excluding hydrogens is 224 g/mol. The van der Waals surface area contributed by atoms with Crippen LogP contribution in [0.25, 0.3) is 10.1 Å². The lowest BCUT2D eigenvalue weighted by atomic mass is 9.78. The van der Waals surface area contributed by atoms with E-state index in [9.17, 15) is 9.90 Å². The molecule has 2 heterocycles. The van der Waals surface area contributed by atoms with Gasteiger partial charge in [0.05, 0.1) is 13.2 Å². The molecule has 1 aliphatic rings. The van der Waals surface area contributed by atoms with Gasteiger partial charge < -0.3 is 9.84 Å². The van der Waals surface area contributed by atoms with Crippen LogP contribution in [-0.2, 0) is 14.9 Å². The maximum atomic E-state index is 11.4. The lowest BCUT2D eigenvalue weighted by molar-refractivity contribution is -0.162. The predicted molar refractivity (Wildman–Crippen MR) is 62.0 cm³/mol. The Bertz CT molecular complexity index is 554. The number of hydrogen-bond acceptors (Lipinski definition) is 3. The number of benzene rings is 1. The zero-order chi connectivity index (χ0) is 11.2. The van der Waals surface area contributed by atoms with E-state index >= 15 is 0 Å². The molecule has 0 atom stereocenters. The molecule has 3 nitrogen and oxygen atoms in total. The number of rotatable bonds is 2. The molecule has 0 bridgehead atoms. The fraction of sp³-hybridized carbons (Fsp3) is 0.250. The number of thiophene rings is 1. The van der Waals surface area contributed by atoms with Gasteiger partial charge in [0.15, 0.2) is 0 Å². The molecule has 1 aromatic heterocycles. The molecule has 3 rings (SSSR count). The molecule has 1 fully saturated rings. The first-order valence-corrected chi connectivity index (χ1v) is 5.90. The van der Waals surface area contributed by atoms with Crippen LogP contribution in [0.15, 0.2) is 29.6 Å². The molecule has 1 aliphatic heterocycles. The van der Waals surface area contributed by atoms with Crippen molar-refractivity contribution in [3.8, 4) is 0 Å². The molecule has 1 N–H and O–H groups in total. The third-order valence-corrected chi connectivity index (χ3v) is 4.07. The number of hydrogen-bond donors (Lipinski definition) is 1. The van der Waals surface area contributed by atoms with Crippen molar-refractivity contribution in [2.24, 2.45) is 0 Å². The van der Waals surface area contributed by atoms with E-state index in [4.69, 9.17) is 4.74 Å². The number of carboxylic acids is 1. The highest BCUT2D eigenvalue weighted by Crippen LogP contribution is 2.39. The second kappa shape index (κ2) is 3.30. The Morgan fingerprint density at radius 3 is 2.75 bits per heavy atom. The van der Waals surface area contributed by atoms with Crippen molar-refractivity contribution >= 4 is 27.4 Å². The molecule has 16 heavy (non-hydrogen) atoms. The van der Waals surface area contributed by atoms with Crippen molar-refractivity contribution in [3.63, 3.8) is 0 Å². The van der Waals surface area contributed by atoms with Crippen LogP contribution in [0.3, 0.4) is 0 Å². The molecule has 0 aliphatic carbocycles. The molecule has 0 unspecified atom stereocenters. The van der Waals surface area contributed by atoms with Gasteiger partial charge in [-0.05, 0) is 22.4 Å². The molecule has 82 valence electrons. The Kier molecular flexibility index (Phi) is 2.02. The lowest BCUT2D eigenvalue weighted by Crippen LogP contribution is -2.52. The Morgan fingerprint density at radius 2 is 2.12 bits per heavy atom. The summed E-state index contributed by atoms with van der Waals surface area (Å²) >= 11 is 1.59. The first kappa shape index (κ1) is 9.81. The minimum absolute atomic E-state index is 0.281. The number of carboxylic acid groups (broad SMARTS) is 1. The SMILES string of the molecule is O=C(O)C1(c2csc3ccccc23)COC1.